The first-order valence-electron chi connectivity index (χ1n) is 4.97. The van der Waals surface area contributed by atoms with Crippen LogP contribution in [0.3, 0.4) is 0 Å². The molecule has 5 nitrogen and oxygen atoms in total. The maximum Gasteiger partial charge on any atom is 0.309 e. The highest BCUT2D eigenvalue weighted by molar-refractivity contribution is 9.10. The van der Waals surface area contributed by atoms with E-state index in [2.05, 4.69) is 26.2 Å². The molecule has 0 atom stereocenters. The van der Waals surface area contributed by atoms with Crippen molar-refractivity contribution in [3.63, 3.8) is 0 Å². The van der Waals surface area contributed by atoms with Gasteiger partial charge in [-0.1, -0.05) is 0 Å². The number of aromatic nitrogens is 1. The largest absolute Gasteiger partial charge is 0.481 e. The van der Waals surface area contributed by atoms with Gasteiger partial charge in [-0.05, 0) is 41.9 Å². The van der Waals surface area contributed by atoms with Gasteiger partial charge in [-0.3, -0.25) is 9.59 Å². The van der Waals surface area contributed by atoms with Crippen molar-refractivity contribution in [2.24, 2.45) is 5.41 Å². The van der Waals surface area contributed by atoms with Gasteiger partial charge in [-0.15, -0.1) is 0 Å². The lowest BCUT2D eigenvalue weighted by Crippen LogP contribution is -2.29. The van der Waals surface area contributed by atoms with E-state index in [1.54, 1.807) is 18.3 Å². The summed E-state index contributed by atoms with van der Waals surface area (Å²) in [5, 5.41) is 11.5. The SMILES string of the molecule is CC(C)(CC(=O)Nc1ncccc1Br)C(=O)O. The van der Waals surface area contributed by atoms with E-state index < -0.39 is 11.4 Å². The van der Waals surface area contributed by atoms with Crippen molar-refractivity contribution < 1.29 is 14.7 Å². The number of carbonyl (C=O) groups is 2. The van der Waals surface area contributed by atoms with Crippen LogP contribution < -0.4 is 5.32 Å². The van der Waals surface area contributed by atoms with Gasteiger partial charge in [-0.2, -0.15) is 0 Å². The molecule has 0 aliphatic carbocycles. The quantitative estimate of drug-likeness (QED) is 0.894. The van der Waals surface area contributed by atoms with Crippen LogP contribution in [0, 0.1) is 5.41 Å². The number of anilines is 1. The Bertz CT molecular complexity index is 446. The topological polar surface area (TPSA) is 79.3 Å². The summed E-state index contributed by atoms with van der Waals surface area (Å²) in [7, 11) is 0. The monoisotopic (exact) mass is 300 g/mol. The molecule has 1 rings (SSSR count). The fourth-order valence-corrected chi connectivity index (χ4v) is 1.49. The normalized spacial score (nSPS) is 11.0. The maximum atomic E-state index is 11.6. The Morgan fingerprint density at radius 1 is 1.53 bits per heavy atom. The first-order chi connectivity index (χ1) is 7.83. The lowest BCUT2D eigenvalue weighted by Gasteiger charge is -2.18. The number of halogens is 1. The molecule has 0 aliphatic heterocycles. The number of nitrogens with one attached hydrogen (secondary N) is 1. The van der Waals surface area contributed by atoms with Crippen LogP contribution in [-0.4, -0.2) is 22.0 Å². The van der Waals surface area contributed by atoms with Crippen molar-refractivity contribution >= 4 is 33.6 Å². The molecular formula is C11H13BrN2O3. The second-order valence-electron chi connectivity index (χ2n) is 4.25. The number of hydrogen-bond acceptors (Lipinski definition) is 3. The van der Waals surface area contributed by atoms with Gasteiger partial charge in [-0.25, -0.2) is 4.98 Å². The van der Waals surface area contributed by atoms with E-state index in [-0.39, 0.29) is 12.3 Å². The Balaban J connectivity index is 2.69. The van der Waals surface area contributed by atoms with E-state index in [1.807, 2.05) is 0 Å². The predicted molar refractivity (Wildman–Crippen MR) is 66.6 cm³/mol. The fraction of sp³-hybridized carbons (Fsp3) is 0.364. The Morgan fingerprint density at radius 2 is 2.18 bits per heavy atom. The van der Waals surface area contributed by atoms with E-state index in [1.165, 1.54) is 13.8 Å². The smallest absolute Gasteiger partial charge is 0.309 e. The van der Waals surface area contributed by atoms with Gasteiger partial charge < -0.3 is 10.4 Å². The first kappa shape index (κ1) is 13.6. The van der Waals surface area contributed by atoms with Gasteiger partial charge >= 0.3 is 5.97 Å². The number of pyridine rings is 1. The minimum Gasteiger partial charge on any atom is -0.481 e. The Labute approximate surface area is 107 Å². The lowest BCUT2D eigenvalue weighted by atomic mass is 9.89. The Morgan fingerprint density at radius 3 is 2.71 bits per heavy atom. The van der Waals surface area contributed by atoms with Gasteiger partial charge in [0.05, 0.1) is 9.89 Å². The summed E-state index contributed by atoms with van der Waals surface area (Å²) in [6.07, 6.45) is 1.44. The van der Waals surface area contributed by atoms with E-state index in [4.69, 9.17) is 5.11 Å². The van der Waals surface area contributed by atoms with Crippen LogP contribution in [0.15, 0.2) is 22.8 Å². The molecule has 0 unspecified atom stereocenters. The summed E-state index contributed by atoms with van der Waals surface area (Å²) >= 11 is 3.24. The van der Waals surface area contributed by atoms with Crippen molar-refractivity contribution in [3.8, 4) is 0 Å². The molecule has 0 aliphatic rings. The van der Waals surface area contributed by atoms with Crippen LogP contribution in [0.4, 0.5) is 5.82 Å². The summed E-state index contributed by atoms with van der Waals surface area (Å²) in [5.74, 6) is -0.997. The van der Waals surface area contributed by atoms with E-state index in [0.29, 0.717) is 10.3 Å². The molecule has 1 amide bonds. The van der Waals surface area contributed by atoms with E-state index in [0.717, 1.165) is 0 Å². The van der Waals surface area contributed by atoms with Crippen LogP contribution in [0.25, 0.3) is 0 Å². The predicted octanol–water partition coefficient (Wildman–Crippen LogP) is 2.28. The molecule has 2 N–H and O–H groups in total. The minimum absolute atomic E-state index is 0.106. The summed E-state index contributed by atoms with van der Waals surface area (Å²) in [4.78, 5) is 26.5. The summed E-state index contributed by atoms with van der Waals surface area (Å²) in [6.45, 7) is 3.00. The Hall–Kier alpha value is -1.43. The van der Waals surface area contributed by atoms with Crippen LogP contribution in [0.1, 0.15) is 20.3 Å². The molecule has 0 aromatic carbocycles. The van der Waals surface area contributed by atoms with Crippen molar-refractivity contribution in [1.82, 2.24) is 4.98 Å². The zero-order chi connectivity index (χ0) is 13.1. The van der Waals surface area contributed by atoms with Crippen molar-refractivity contribution in [2.75, 3.05) is 5.32 Å². The molecule has 92 valence electrons. The Kier molecular flexibility index (Phi) is 4.22. The fourth-order valence-electron chi connectivity index (χ4n) is 1.13. The zero-order valence-corrected chi connectivity index (χ0v) is 11.1. The van der Waals surface area contributed by atoms with Gasteiger partial charge in [0, 0.05) is 12.6 Å². The van der Waals surface area contributed by atoms with Gasteiger partial charge in [0.1, 0.15) is 5.82 Å². The average molecular weight is 301 g/mol. The number of amides is 1. The molecule has 1 aromatic heterocycles. The third-order valence-electron chi connectivity index (χ3n) is 2.20. The number of aliphatic carboxylic acids is 1. The summed E-state index contributed by atoms with van der Waals surface area (Å²) in [5.41, 5.74) is -1.09. The highest BCUT2D eigenvalue weighted by Gasteiger charge is 2.30. The average Bonchev–Trinajstić information content (AvgIpc) is 2.20. The molecule has 17 heavy (non-hydrogen) atoms. The van der Waals surface area contributed by atoms with E-state index >= 15 is 0 Å². The molecule has 6 heteroatoms. The van der Waals surface area contributed by atoms with Gasteiger partial charge in [0.2, 0.25) is 5.91 Å². The molecule has 0 saturated heterocycles. The van der Waals surface area contributed by atoms with Gasteiger partial charge in [0.25, 0.3) is 0 Å². The maximum absolute atomic E-state index is 11.6. The van der Waals surface area contributed by atoms with Crippen molar-refractivity contribution in [1.29, 1.82) is 0 Å². The lowest BCUT2D eigenvalue weighted by molar-refractivity contribution is -0.148. The first-order valence-corrected chi connectivity index (χ1v) is 5.76. The summed E-state index contributed by atoms with van der Waals surface area (Å²) < 4.78 is 0.654. The molecule has 0 radical (unpaired) electrons. The molecule has 0 spiro atoms. The highest BCUT2D eigenvalue weighted by Crippen LogP contribution is 2.23. The number of carboxylic acids is 1. The number of nitrogens with zero attached hydrogens (tertiary/aromatic N) is 1. The van der Waals surface area contributed by atoms with Crippen LogP contribution in [-0.2, 0) is 9.59 Å². The molecule has 1 heterocycles. The third-order valence-corrected chi connectivity index (χ3v) is 2.84. The number of carboxylic acid groups (broad SMARTS) is 1. The second-order valence-corrected chi connectivity index (χ2v) is 5.10. The highest BCUT2D eigenvalue weighted by atomic mass is 79.9. The minimum atomic E-state index is -1.09. The third kappa shape index (κ3) is 3.81. The zero-order valence-electron chi connectivity index (χ0n) is 9.53. The number of hydrogen-bond donors (Lipinski definition) is 2. The second kappa shape index (κ2) is 5.27. The van der Waals surface area contributed by atoms with Crippen LogP contribution in [0.2, 0.25) is 0 Å². The van der Waals surface area contributed by atoms with Gasteiger partial charge in [0.15, 0.2) is 0 Å². The van der Waals surface area contributed by atoms with Crippen LogP contribution in [0.5, 0.6) is 0 Å². The molecule has 0 saturated carbocycles. The number of carbonyl (C=O) groups excluding carboxylic acids is 1. The molecular weight excluding hydrogens is 288 g/mol. The van der Waals surface area contributed by atoms with Crippen molar-refractivity contribution in [3.05, 3.63) is 22.8 Å². The van der Waals surface area contributed by atoms with Crippen molar-refractivity contribution in [2.45, 2.75) is 20.3 Å². The molecule has 0 bridgehead atoms. The standard InChI is InChI=1S/C11H13BrN2O3/c1-11(2,10(16)17)6-8(15)14-9-7(12)4-3-5-13-9/h3-5H,6H2,1-2H3,(H,16,17)(H,13,14,15). The number of rotatable bonds is 4. The molecule has 1 aromatic rings. The van der Waals surface area contributed by atoms with E-state index in [9.17, 15) is 9.59 Å². The van der Waals surface area contributed by atoms with Crippen LogP contribution >= 0.6 is 15.9 Å². The molecule has 0 fully saturated rings. The summed E-state index contributed by atoms with van der Waals surface area (Å²) in [6, 6.07) is 3.46.